The van der Waals surface area contributed by atoms with Crippen molar-refractivity contribution in [3.05, 3.63) is 32.7 Å². The topological polar surface area (TPSA) is 12.5 Å². The molecular weight excluding hydrogens is 296 g/mol. The Kier molecular flexibility index (Phi) is 3.06. The van der Waals surface area contributed by atoms with Crippen molar-refractivity contribution in [2.45, 2.75) is 18.9 Å². The van der Waals surface area contributed by atoms with E-state index >= 15 is 0 Å². The Morgan fingerprint density at radius 3 is 2.85 bits per heavy atom. The lowest BCUT2D eigenvalue weighted by Gasteiger charge is -2.03. The van der Waals surface area contributed by atoms with Crippen LogP contribution in [0.25, 0.3) is 0 Å². The fourth-order valence-corrected chi connectivity index (χ4v) is 2.14. The van der Waals surface area contributed by atoms with Gasteiger partial charge in [-0.25, -0.2) is 0 Å². The fourth-order valence-electron chi connectivity index (χ4n) is 1.29. The molecule has 1 fully saturated rings. The van der Waals surface area contributed by atoms with Crippen LogP contribution < -0.4 is 0 Å². The normalized spacial score (nSPS) is 20.3. The summed E-state index contributed by atoms with van der Waals surface area (Å²) in [5.41, 5.74) is 1.35. The number of hydrogen-bond acceptors (Lipinski definition) is 1. The standard InChI is InChI=1S/C10H10Br2O/c11-8-2-4-10(12)7(5-8)1-3-9-6-13-9/h2,4-5,9H,1,3,6H2. The van der Waals surface area contributed by atoms with Crippen molar-refractivity contribution in [3.8, 4) is 0 Å². The van der Waals surface area contributed by atoms with Crippen LogP contribution in [-0.2, 0) is 11.2 Å². The Hall–Kier alpha value is 0.140. The number of benzene rings is 1. The van der Waals surface area contributed by atoms with E-state index in [2.05, 4.69) is 44.0 Å². The molecule has 1 atom stereocenters. The summed E-state index contributed by atoms with van der Waals surface area (Å²) in [5, 5.41) is 0. The number of rotatable bonds is 3. The Labute approximate surface area is 94.7 Å². The van der Waals surface area contributed by atoms with Crippen LogP contribution in [0.15, 0.2) is 27.1 Å². The van der Waals surface area contributed by atoms with Gasteiger partial charge in [0.1, 0.15) is 0 Å². The highest BCUT2D eigenvalue weighted by atomic mass is 79.9. The number of epoxide rings is 1. The maximum atomic E-state index is 5.17. The van der Waals surface area contributed by atoms with E-state index in [1.165, 1.54) is 10.0 Å². The van der Waals surface area contributed by atoms with E-state index in [-0.39, 0.29) is 0 Å². The van der Waals surface area contributed by atoms with Crippen LogP contribution in [0.2, 0.25) is 0 Å². The average Bonchev–Trinajstić information content (AvgIpc) is 2.90. The first-order valence-electron chi connectivity index (χ1n) is 4.31. The summed E-state index contributed by atoms with van der Waals surface area (Å²) in [6.45, 7) is 0.950. The van der Waals surface area contributed by atoms with Gasteiger partial charge in [-0.1, -0.05) is 31.9 Å². The fraction of sp³-hybridized carbons (Fsp3) is 0.400. The van der Waals surface area contributed by atoms with Crippen LogP contribution in [0.1, 0.15) is 12.0 Å². The highest BCUT2D eigenvalue weighted by molar-refractivity contribution is 9.11. The first kappa shape index (κ1) is 9.69. The van der Waals surface area contributed by atoms with Crippen LogP contribution in [0.4, 0.5) is 0 Å². The van der Waals surface area contributed by atoms with Crippen molar-refractivity contribution in [2.24, 2.45) is 0 Å². The Morgan fingerprint density at radius 2 is 2.15 bits per heavy atom. The Bertz CT molecular complexity index is 308. The molecule has 0 aliphatic carbocycles. The summed E-state index contributed by atoms with van der Waals surface area (Å²) in [6, 6.07) is 6.28. The smallest absolute Gasteiger partial charge is 0.0813 e. The van der Waals surface area contributed by atoms with Crippen LogP contribution >= 0.6 is 31.9 Å². The SMILES string of the molecule is Brc1ccc(Br)c(CCC2CO2)c1. The number of hydrogen-bond donors (Lipinski definition) is 0. The zero-order valence-electron chi connectivity index (χ0n) is 7.09. The van der Waals surface area contributed by atoms with E-state index < -0.39 is 0 Å². The first-order valence-corrected chi connectivity index (χ1v) is 5.90. The molecule has 0 radical (unpaired) electrons. The van der Waals surface area contributed by atoms with E-state index in [0.29, 0.717) is 6.10 Å². The molecule has 70 valence electrons. The minimum Gasteiger partial charge on any atom is -0.373 e. The second-order valence-corrected chi connectivity index (χ2v) is 5.00. The van der Waals surface area contributed by atoms with E-state index in [4.69, 9.17) is 4.74 Å². The molecule has 1 aromatic rings. The van der Waals surface area contributed by atoms with Gasteiger partial charge >= 0.3 is 0 Å². The molecular formula is C10H10Br2O. The monoisotopic (exact) mass is 304 g/mol. The van der Waals surface area contributed by atoms with E-state index in [9.17, 15) is 0 Å². The summed E-state index contributed by atoms with van der Waals surface area (Å²) in [7, 11) is 0. The molecule has 1 aliphatic heterocycles. The van der Waals surface area contributed by atoms with E-state index in [1.807, 2.05) is 6.07 Å². The highest BCUT2D eigenvalue weighted by Gasteiger charge is 2.21. The third-order valence-electron chi connectivity index (χ3n) is 2.15. The van der Waals surface area contributed by atoms with Crippen molar-refractivity contribution >= 4 is 31.9 Å². The summed E-state index contributed by atoms with van der Waals surface area (Å²) in [6.07, 6.45) is 2.74. The van der Waals surface area contributed by atoms with Crippen molar-refractivity contribution in [1.82, 2.24) is 0 Å². The molecule has 13 heavy (non-hydrogen) atoms. The van der Waals surface area contributed by atoms with Crippen molar-refractivity contribution in [3.63, 3.8) is 0 Å². The molecule has 0 bridgehead atoms. The quantitative estimate of drug-likeness (QED) is 0.778. The van der Waals surface area contributed by atoms with E-state index in [1.54, 1.807) is 0 Å². The van der Waals surface area contributed by atoms with Gasteiger partial charge in [-0.2, -0.15) is 0 Å². The summed E-state index contributed by atoms with van der Waals surface area (Å²) in [5.74, 6) is 0. The van der Waals surface area contributed by atoms with Crippen LogP contribution in [0.5, 0.6) is 0 Å². The molecule has 0 N–H and O–H groups in total. The summed E-state index contributed by atoms with van der Waals surface area (Å²) >= 11 is 7.01. The first-order chi connectivity index (χ1) is 6.25. The summed E-state index contributed by atoms with van der Waals surface area (Å²) < 4.78 is 7.51. The van der Waals surface area contributed by atoms with Gasteiger partial charge in [-0.05, 0) is 36.6 Å². The number of halogens is 2. The largest absolute Gasteiger partial charge is 0.373 e. The van der Waals surface area contributed by atoms with Gasteiger partial charge in [0, 0.05) is 8.95 Å². The maximum Gasteiger partial charge on any atom is 0.0813 e. The molecule has 1 aromatic carbocycles. The zero-order valence-corrected chi connectivity index (χ0v) is 10.3. The van der Waals surface area contributed by atoms with Gasteiger partial charge in [-0.3, -0.25) is 0 Å². The van der Waals surface area contributed by atoms with Gasteiger partial charge in [0.25, 0.3) is 0 Å². The number of aryl methyl sites for hydroxylation is 1. The van der Waals surface area contributed by atoms with Gasteiger partial charge in [0.05, 0.1) is 12.7 Å². The van der Waals surface area contributed by atoms with Gasteiger partial charge in [0.2, 0.25) is 0 Å². The van der Waals surface area contributed by atoms with Crippen molar-refractivity contribution < 1.29 is 4.74 Å². The predicted molar refractivity (Wildman–Crippen MR) is 59.9 cm³/mol. The minimum absolute atomic E-state index is 0.519. The molecule has 3 heteroatoms. The third kappa shape index (κ3) is 2.79. The van der Waals surface area contributed by atoms with Crippen LogP contribution in [-0.4, -0.2) is 12.7 Å². The second-order valence-electron chi connectivity index (χ2n) is 3.23. The molecule has 0 aromatic heterocycles. The van der Waals surface area contributed by atoms with Crippen molar-refractivity contribution in [1.29, 1.82) is 0 Å². The molecule has 0 saturated carbocycles. The molecule has 1 aliphatic rings. The van der Waals surface area contributed by atoms with Crippen LogP contribution in [0, 0.1) is 0 Å². The lowest BCUT2D eigenvalue weighted by Crippen LogP contribution is -1.92. The predicted octanol–water partition coefficient (Wildman–Crippen LogP) is 3.54. The molecule has 1 unspecified atom stereocenters. The lowest BCUT2D eigenvalue weighted by molar-refractivity contribution is 0.396. The van der Waals surface area contributed by atoms with Crippen molar-refractivity contribution in [2.75, 3.05) is 6.61 Å². The van der Waals surface area contributed by atoms with E-state index in [0.717, 1.165) is 23.9 Å². The van der Waals surface area contributed by atoms with Gasteiger partial charge < -0.3 is 4.74 Å². The average molecular weight is 306 g/mol. The van der Waals surface area contributed by atoms with Gasteiger partial charge in [-0.15, -0.1) is 0 Å². The van der Waals surface area contributed by atoms with Crippen LogP contribution in [0.3, 0.4) is 0 Å². The van der Waals surface area contributed by atoms with Gasteiger partial charge in [0.15, 0.2) is 0 Å². The number of ether oxygens (including phenoxy) is 1. The Balaban J connectivity index is 2.03. The second kappa shape index (κ2) is 4.11. The zero-order chi connectivity index (χ0) is 9.26. The minimum atomic E-state index is 0.519. The molecule has 1 saturated heterocycles. The molecule has 0 spiro atoms. The molecule has 2 rings (SSSR count). The maximum absolute atomic E-state index is 5.17. The molecule has 0 amide bonds. The lowest BCUT2D eigenvalue weighted by atomic mass is 10.1. The highest BCUT2D eigenvalue weighted by Crippen LogP contribution is 2.25. The Morgan fingerprint density at radius 1 is 1.38 bits per heavy atom. The summed E-state index contributed by atoms with van der Waals surface area (Å²) in [4.78, 5) is 0. The molecule has 1 nitrogen and oxygen atoms in total. The third-order valence-corrected chi connectivity index (χ3v) is 3.41. The molecule has 1 heterocycles.